The molecule has 0 saturated heterocycles. The summed E-state index contributed by atoms with van der Waals surface area (Å²) < 4.78 is 33.5. The largest absolute Gasteiger partial charge is 0.472 e. The molecular weight excluding hydrogens is 815 g/mol. The first-order valence-electron chi connectivity index (χ1n) is 23.9. The van der Waals surface area contributed by atoms with Crippen molar-refractivity contribution in [3.05, 3.63) is 48.6 Å². The van der Waals surface area contributed by atoms with E-state index in [-0.39, 0.29) is 12.8 Å². The highest BCUT2D eigenvalue weighted by molar-refractivity contribution is 7.47. The highest BCUT2D eigenvalue weighted by Crippen LogP contribution is 2.47. The Balaban J connectivity index is 2.47. The molecule has 360 valence electrons. The number of ether oxygens (including phenoxy) is 2. The van der Waals surface area contributed by atoms with Gasteiger partial charge in [-0.15, -0.1) is 0 Å². The van der Waals surface area contributed by atoms with Crippen LogP contribution in [0.2, 0.25) is 0 Å². The molecule has 0 spiro atoms. The van der Waals surface area contributed by atoms with Crippen LogP contribution in [0.5, 0.6) is 0 Å². The van der Waals surface area contributed by atoms with Gasteiger partial charge in [-0.2, -0.15) is 0 Å². The molecule has 6 N–H and O–H groups in total. The standard InChI is InChI=1S/C48H85O13P/c1-3-5-7-9-11-13-15-17-19-21-23-24-26-28-30-32-34-36-41(49)58-38-40(39-59-62(56,57)61-48-46(54)44(52)43(51)45(53)47(48)55)60-42(50)37-35-33-31-29-27-25-22-20-18-16-14-12-10-8-6-4-2/h11,13,17,19-20,22-24,40,43-48,51-55H,3-10,12,14-16,18,21,25-39H2,1-2H3,(H,56,57)/b13-11-,19-17-,22-20-,24-23-/t40-,43?,44-,45?,46?,47?,48?/m1/s1. The van der Waals surface area contributed by atoms with Crippen molar-refractivity contribution >= 4 is 19.8 Å². The molecule has 0 bridgehead atoms. The van der Waals surface area contributed by atoms with Crippen LogP contribution in [0.15, 0.2) is 48.6 Å². The van der Waals surface area contributed by atoms with E-state index in [4.69, 9.17) is 18.5 Å². The zero-order chi connectivity index (χ0) is 45.7. The van der Waals surface area contributed by atoms with Crippen LogP contribution in [-0.2, 0) is 32.7 Å². The number of aliphatic hydroxyl groups is 5. The summed E-state index contributed by atoms with van der Waals surface area (Å²) in [7, 11) is -5.13. The third kappa shape index (κ3) is 30.0. The van der Waals surface area contributed by atoms with Gasteiger partial charge in [0.2, 0.25) is 0 Å². The molecule has 0 radical (unpaired) electrons. The van der Waals surface area contributed by atoms with Gasteiger partial charge in [0, 0.05) is 12.8 Å². The van der Waals surface area contributed by atoms with Crippen LogP contribution in [0.1, 0.15) is 187 Å². The Hall–Kier alpha value is -2.19. The van der Waals surface area contributed by atoms with Gasteiger partial charge >= 0.3 is 19.8 Å². The third-order valence-electron chi connectivity index (χ3n) is 10.9. The fourth-order valence-electron chi connectivity index (χ4n) is 6.99. The van der Waals surface area contributed by atoms with E-state index >= 15 is 0 Å². The number of phosphoric acid groups is 1. The van der Waals surface area contributed by atoms with Crippen LogP contribution >= 0.6 is 7.82 Å². The molecule has 6 unspecified atom stereocenters. The average Bonchev–Trinajstić information content (AvgIpc) is 3.25. The van der Waals surface area contributed by atoms with Gasteiger partial charge < -0.3 is 39.9 Å². The number of hydrogen-bond donors (Lipinski definition) is 6. The molecule has 0 aromatic heterocycles. The lowest BCUT2D eigenvalue weighted by Gasteiger charge is -2.41. The Kier molecular flexibility index (Phi) is 35.5. The molecule has 0 amide bonds. The van der Waals surface area contributed by atoms with E-state index in [0.717, 1.165) is 83.5 Å². The van der Waals surface area contributed by atoms with Gasteiger partial charge in [0.15, 0.2) is 6.10 Å². The van der Waals surface area contributed by atoms with Crippen LogP contribution in [0.3, 0.4) is 0 Å². The lowest BCUT2D eigenvalue weighted by atomic mass is 9.85. The lowest BCUT2D eigenvalue weighted by molar-refractivity contribution is -0.220. The summed E-state index contributed by atoms with van der Waals surface area (Å²) >= 11 is 0. The molecule has 1 aliphatic rings. The minimum Gasteiger partial charge on any atom is -0.462 e. The maximum Gasteiger partial charge on any atom is 0.472 e. The summed E-state index contributed by atoms with van der Waals surface area (Å²) in [4.78, 5) is 35.7. The zero-order valence-corrected chi connectivity index (χ0v) is 39.0. The number of carbonyl (C=O) groups excluding carboxylic acids is 2. The normalized spacial score (nSPS) is 22.3. The Morgan fingerprint density at radius 3 is 1.37 bits per heavy atom. The fraction of sp³-hybridized carbons (Fsp3) is 0.792. The SMILES string of the molecule is CCCCC/C=C\C/C=C\C/C=C\CCCCCCC(=O)OC[C@H](COP(=O)(O)OC1C(O)C(O)C(O)[C@@H](O)C1O)OC(=O)CCCCCCC/C=C\CCCCCCCCC. The van der Waals surface area contributed by atoms with Crippen molar-refractivity contribution in [1.82, 2.24) is 0 Å². The monoisotopic (exact) mass is 901 g/mol. The average molecular weight is 901 g/mol. The first-order chi connectivity index (χ1) is 29.9. The van der Waals surface area contributed by atoms with Crippen LogP contribution in [-0.4, -0.2) is 98.3 Å². The highest BCUT2D eigenvalue weighted by Gasteiger charge is 2.51. The molecule has 0 aliphatic heterocycles. The van der Waals surface area contributed by atoms with Crippen molar-refractivity contribution < 1.29 is 63.1 Å². The second kappa shape index (κ2) is 38.1. The molecule has 14 heteroatoms. The highest BCUT2D eigenvalue weighted by atomic mass is 31.2. The summed E-state index contributed by atoms with van der Waals surface area (Å²) in [6.07, 6.45) is 31.6. The lowest BCUT2D eigenvalue weighted by Crippen LogP contribution is -2.64. The second-order valence-corrected chi connectivity index (χ2v) is 18.0. The van der Waals surface area contributed by atoms with Gasteiger partial charge in [0.05, 0.1) is 6.61 Å². The Morgan fingerprint density at radius 1 is 0.500 bits per heavy atom. The van der Waals surface area contributed by atoms with E-state index in [1.54, 1.807) is 0 Å². The molecule has 1 aliphatic carbocycles. The van der Waals surface area contributed by atoms with Crippen molar-refractivity contribution in [2.45, 2.75) is 230 Å². The maximum absolute atomic E-state index is 12.8. The number of carbonyl (C=O) groups is 2. The topological polar surface area (TPSA) is 210 Å². The third-order valence-corrected chi connectivity index (χ3v) is 11.9. The number of unbranched alkanes of at least 4 members (excludes halogenated alkanes) is 19. The van der Waals surface area contributed by atoms with Crippen LogP contribution in [0, 0.1) is 0 Å². The first kappa shape index (κ1) is 57.8. The molecule has 8 atom stereocenters. The maximum atomic E-state index is 12.8. The van der Waals surface area contributed by atoms with Gasteiger partial charge in [0.1, 0.15) is 43.2 Å². The Labute approximate surface area is 373 Å². The predicted octanol–water partition coefficient (Wildman–Crippen LogP) is 9.56. The minimum absolute atomic E-state index is 0.0807. The predicted molar refractivity (Wildman–Crippen MR) is 244 cm³/mol. The first-order valence-corrected chi connectivity index (χ1v) is 25.4. The van der Waals surface area contributed by atoms with E-state index in [1.165, 1.54) is 64.2 Å². The molecule has 0 heterocycles. The zero-order valence-electron chi connectivity index (χ0n) is 38.2. The Bertz CT molecular complexity index is 1270. The van der Waals surface area contributed by atoms with Crippen LogP contribution < -0.4 is 0 Å². The summed E-state index contributed by atoms with van der Waals surface area (Å²) in [5, 5.41) is 50.2. The van der Waals surface area contributed by atoms with Crippen molar-refractivity contribution in [3.63, 3.8) is 0 Å². The molecule has 1 saturated carbocycles. The number of hydrogen-bond acceptors (Lipinski definition) is 12. The van der Waals surface area contributed by atoms with E-state index in [2.05, 4.69) is 62.5 Å². The van der Waals surface area contributed by atoms with Crippen molar-refractivity contribution in [2.24, 2.45) is 0 Å². The minimum atomic E-state index is -5.13. The molecular formula is C48H85O13P. The fourth-order valence-corrected chi connectivity index (χ4v) is 7.97. The quantitative estimate of drug-likeness (QED) is 0.0147. The van der Waals surface area contributed by atoms with Gasteiger partial charge in [0.25, 0.3) is 0 Å². The molecule has 13 nitrogen and oxygen atoms in total. The van der Waals surface area contributed by atoms with Gasteiger partial charge in [-0.05, 0) is 77.0 Å². The molecule has 62 heavy (non-hydrogen) atoms. The van der Waals surface area contributed by atoms with Gasteiger partial charge in [-0.25, -0.2) is 4.57 Å². The van der Waals surface area contributed by atoms with Crippen molar-refractivity contribution in [2.75, 3.05) is 13.2 Å². The van der Waals surface area contributed by atoms with E-state index in [1.807, 2.05) is 0 Å². The van der Waals surface area contributed by atoms with Gasteiger partial charge in [-0.1, -0.05) is 146 Å². The number of phosphoric ester groups is 1. The van der Waals surface area contributed by atoms with Crippen molar-refractivity contribution in [1.29, 1.82) is 0 Å². The second-order valence-electron chi connectivity index (χ2n) is 16.6. The number of rotatable bonds is 39. The Morgan fingerprint density at radius 2 is 0.871 bits per heavy atom. The summed E-state index contributed by atoms with van der Waals surface area (Å²) in [6, 6.07) is 0. The molecule has 1 rings (SSSR count). The van der Waals surface area contributed by atoms with Gasteiger partial charge in [-0.3, -0.25) is 18.6 Å². The summed E-state index contributed by atoms with van der Waals surface area (Å²) in [5.74, 6) is -1.13. The van der Waals surface area contributed by atoms with Crippen LogP contribution in [0.4, 0.5) is 0 Å². The van der Waals surface area contributed by atoms with E-state index in [0.29, 0.717) is 12.8 Å². The number of allylic oxidation sites excluding steroid dienone is 8. The summed E-state index contributed by atoms with van der Waals surface area (Å²) in [6.45, 7) is 3.25. The van der Waals surface area contributed by atoms with E-state index < -0.39 is 75.7 Å². The van der Waals surface area contributed by atoms with Crippen LogP contribution in [0.25, 0.3) is 0 Å². The summed E-state index contributed by atoms with van der Waals surface area (Å²) in [5.41, 5.74) is 0. The van der Waals surface area contributed by atoms with Crippen molar-refractivity contribution in [3.8, 4) is 0 Å². The molecule has 0 aromatic rings. The number of aliphatic hydroxyl groups excluding tert-OH is 5. The number of esters is 2. The smallest absolute Gasteiger partial charge is 0.462 e. The molecule has 1 fully saturated rings. The van der Waals surface area contributed by atoms with E-state index in [9.17, 15) is 44.6 Å². The molecule has 0 aromatic carbocycles.